The molecular formula is C47H54N3O2Pt-. The average molecular weight is 888 g/mol. The van der Waals surface area contributed by atoms with Gasteiger partial charge in [-0.3, -0.25) is 0 Å². The topological polar surface area (TPSA) is 58.0 Å². The number of para-hydroxylation sites is 1. The minimum Gasteiger partial charge on any atom is -0.506 e. The number of nitrogens with zero attached hydrogens (tertiary/aromatic N) is 3. The van der Waals surface area contributed by atoms with Crippen molar-refractivity contribution in [1.29, 1.82) is 0 Å². The normalized spacial score (nSPS) is 17.9. The van der Waals surface area contributed by atoms with Crippen LogP contribution in [0.1, 0.15) is 133 Å². The molecule has 0 bridgehead atoms. The van der Waals surface area contributed by atoms with Crippen LogP contribution in [0.15, 0.2) is 83.9 Å². The van der Waals surface area contributed by atoms with E-state index >= 15 is 0 Å². The predicted molar refractivity (Wildman–Crippen MR) is 216 cm³/mol. The fourth-order valence-electron chi connectivity index (χ4n) is 8.37. The maximum Gasteiger partial charge on any atom is 0.217 e. The number of rotatable bonds is 7. The minimum absolute atomic E-state index is 0. The molecule has 4 aromatic carbocycles. The number of phenolic OH excluding ortho intramolecular Hbond substituents is 1. The summed E-state index contributed by atoms with van der Waals surface area (Å²) in [5, 5.41) is 11.9. The van der Waals surface area contributed by atoms with E-state index in [4.69, 9.17) is 14.7 Å². The zero-order chi connectivity index (χ0) is 37.3. The predicted octanol–water partition coefficient (Wildman–Crippen LogP) is 11.7. The molecule has 0 fully saturated rings. The Morgan fingerprint density at radius 1 is 0.849 bits per heavy atom. The van der Waals surface area contributed by atoms with Crippen LogP contribution in [0.3, 0.4) is 0 Å². The van der Waals surface area contributed by atoms with E-state index in [-0.39, 0.29) is 55.6 Å². The van der Waals surface area contributed by atoms with Crippen molar-refractivity contribution in [3.8, 4) is 17.4 Å². The van der Waals surface area contributed by atoms with Crippen molar-refractivity contribution in [1.82, 2.24) is 4.98 Å². The second-order valence-corrected chi connectivity index (χ2v) is 17.4. The van der Waals surface area contributed by atoms with Crippen LogP contribution in [0.25, 0.3) is 10.9 Å². The van der Waals surface area contributed by atoms with Crippen LogP contribution in [0.4, 0.5) is 5.69 Å². The third-order valence-corrected chi connectivity index (χ3v) is 11.2. The van der Waals surface area contributed by atoms with E-state index in [0.717, 1.165) is 34.3 Å². The first-order valence-electron chi connectivity index (χ1n) is 19.0. The van der Waals surface area contributed by atoms with Gasteiger partial charge in [-0.25, -0.2) is 4.98 Å². The van der Waals surface area contributed by atoms with Crippen molar-refractivity contribution in [2.45, 2.75) is 123 Å². The molecule has 2 atom stereocenters. The number of aromatic hydroxyl groups is 1. The first-order chi connectivity index (χ1) is 24.5. The number of anilines is 1. The second-order valence-electron chi connectivity index (χ2n) is 17.4. The smallest absolute Gasteiger partial charge is 0.217 e. The van der Waals surface area contributed by atoms with Gasteiger partial charge in [0, 0.05) is 49.4 Å². The number of phenols is 1. The summed E-state index contributed by atoms with van der Waals surface area (Å²) in [5.74, 6) is 2.99. The number of hydrogen-bond acceptors (Lipinski definition) is 5. The Morgan fingerprint density at radius 2 is 1.53 bits per heavy atom. The zero-order valence-electron chi connectivity index (χ0n) is 33.1. The maximum atomic E-state index is 11.0. The molecule has 280 valence electrons. The number of benzene rings is 4. The minimum atomic E-state index is -0.179. The van der Waals surface area contributed by atoms with Crippen molar-refractivity contribution in [3.05, 3.63) is 124 Å². The number of aliphatic imine (C=N–C) groups is 1. The summed E-state index contributed by atoms with van der Waals surface area (Å²) in [7, 11) is 0. The Labute approximate surface area is 331 Å². The standard InChI is InChI=1S/C47H54N3O2.Pt/c1-27(2)32-21-33(24-35(23-32)52-41-20-19-31-22-34(46(7,8)9)26-40(51)42(31)49-41)45-48-39-25-30-15-12-13-18-38(30)47(10,11)44(39)50(45)43-36(28(3)4)16-14-17-37(43)29(5)6;/h12-23,26-29,39,44,51H,25H2,1-11H3;/q-1;/t39-,44-;/m0./s1. The largest absolute Gasteiger partial charge is 0.506 e. The number of ether oxygens (including phenoxy) is 1. The first-order valence-corrected chi connectivity index (χ1v) is 19.0. The van der Waals surface area contributed by atoms with Crippen molar-refractivity contribution in [3.63, 3.8) is 0 Å². The monoisotopic (exact) mass is 887 g/mol. The van der Waals surface area contributed by atoms with E-state index < -0.39 is 0 Å². The van der Waals surface area contributed by atoms with E-state index in [1.165, 1.54) is 27.9 Å². The Bertz CT molecular complexity index is 2170. The molecule has 2 aliphatic rings. The fourth-order valence-corrected chi connectivity index (χ4v) is 8.37. The molecule has 1 aliphatic heterocycles. The van der Waals surface area contributed by atoms with Crippen molar-refractivity contribution < 1.29 is 30.9 Å². The third kappa shape index (κ3) is 7.07. The van der Waals surface area contributed by atoms with E-state index in [9.17, 15) is 5.11 Å². The van der Waals surface area contributed by atoms with E-state index in [2.05, 4.69) is 148 Å². The maximum absolute atomic E-state index is 11.0. The summed E-state index contributed by atoms with van der Waals surface area (Å²) in [6, 6.07) is 31.7. The van der Waals surface area contributed by atoms with Gasteiger partial charge in [-0.15, -0.1) is 17.2 Å². The first kappa shape index (κ1) is 38.8. The Morgan fingerprint density at radius 3 is 2.17 bits per heavy atom. The van der Waals surface area contributed by atoms with E-state index in [1.54, 1.807) is 0 Å². The second kappa shape index (κ2) is 14.4. The van der Waals surface area contributed by atoms with E-state index in [1.807, 2.05) is 18.2 Å². The summed E-state index contributed by atoms with van der Waals surface area (Å²) < 4.78 is 6.55. The van der Waals surface area contributed by atoms with Gasteiger partial charge in [0.25, 0.3) is 0 Å². The summed E-state index contributed by atoms with van der Waals surface area (Å²) in [6.07, 6.45) is 0.889. The summed E-state index contributed by atoms with van der Waals surface area (Å²) in [6.45, 7) is 24.8. The molecule has 2 heterocycles. The van der Waals surface area contributed by atoms with E-state index in [0.29, 0.717) is 29.0 Å². The van der Waals surface area contributed by atoms with Crippen LogP contribution in [0.2, 0.25) is 0 Å². The van der Waals surface area contributed by atoms with Crippen LogP contribution in [-0.2, 0) is 38.3 Å². The van der Waals surface area contributed by atoms with Gasteiger partial charge in [0.05, 0.1) is 17.9 Å². The van der Waals surface area contributed by atoms with Gasteiger partial charge in [0.15, 0.2) is 0 Å². The molecule has 5 aromatic rings. The average Bonchev–Trinajstić information content (AvgIpc) is 3.47. The number of aromatic nitrogens is 1. The Kier molecular flexibility index (Phi) is 10.5. The van der Waals surface area contributed by atoms with Crippen LogP contribution in [0.5, 0.6) is 17.4 Å². The zero-order valence-corrected chi connectivity index (χ0v) is 35.4. The Balaban J connectivity index is 0.00000481. The van der Waals surface area contributed by atoms with Gasteiger partial charge >= 0.3 is 0 Å². The third-order valence-electron chi connectivity index (χ3n) is 11.2. The number of hydrogen-bond donors (Lipinski definition) is 1. The summed E-state index contributed by atoms with van der Waals surface area (Å²) in [5.41, 5.74) is 10.1. The Hall–Kier alpha value is -3.95. The molecule has 0 radical (unpaired) electrons. The molecule has 53 heavy (non-hydrogen) atoms. The van der Waals surface area contributed by atoms with Crippen LogP contribution < -0.4 is 9.64 Å². The molecule has 1 aromatic heterocycles. The molecule has 7 rings (SSSR count). The van der Waals surface area contributed by atoms with Gasteiger partial charge in [0.2, 0.25) is 5.88 Å². The fraction of sp³-hybridized carbons (Fsp3) is 0.404. The van der Waals surface area contributed by atoms with Gasteiger partial charge in [-0.05, 0) is 75.6 Å². The van der Waals surface area contributed by atoms with Gasteiger partial charge in [0.1, 0.15) is 11.3 Å². The van der Waals surface area contributed by atoms with Gasteiger partial charge in [-0.1, -0.05) is 131 Å². The number of fused-ring (bicyclic) bond motifs is 3. The molecule has 0 saturated carbocycles. The van der Waals surface area contributed by atoms with Crippen LogP contribution >= 0.6 is 0 Å². The van der Waals surface area contributed by atoms with Gasteiger partial charge < -0.3 is 19.7 Å². The molecule has 1 aliphatic carbocycles. The van der Waals surface area contributed by atoms with Crippen molar-refractivity contribution >= 4 is 22.4 Å². The molecule has 0 unspecified atom stereocenters. The quantitative estimate of drug-likeness (QED) is 0.165. The van der Waals surface area contributed by atoms with Crippen LogP contribution in [-0.4, -0.2) is 28.0 Å². The van der Waals surface area contributed by atoms with Crippen molar-refractivity contribution in [2.75, 3.05) is 4.90 Å². The SMILES string of the molecule is CC(C)c1cc(Oc2ccc3cc(C(C)(C)C)cc(O)c3n2)[c-]c(C2=N[C@H]3Cc4ccccc4C(C)(C)[C@H]3N2c2c(C(C)C)cccc2C(C)C)c1.[Pt]. The van der Waals surface area contributed by atoms with Crippen LogP contribution in [0, 0.1) is 6.07 Å². The molecule has 0 saturated heterocycles. The number of pyridine rings is 1. The molecular weight excluding hydrogens is 834 g/mol. The summed E-state index contributed by atoms with van der Waals surface area (Å²) >= 11 is 0. The number of amidine groups is 1. The molecule has 5 nitrogen and oxygen atoms in total. The molecule has 0 spiro atoms. The molecule has 1 N–H and O–H groups in total. The summed E-state index contributed by atoms with van der Waals surface area (Å²) in [4.78, 5) is 13.0. The molecule has 0 amide bonds. The van der Waals surface area contributed by atoms with Gasteiger partial charge in [-0.2, -0.15) is 0 Å². The van der Waals surface area contributed by atoms with Crippen molar-refractivity contribution in [2.24, 2.45) is 4.99 Å². The molecule has 6 heteroatoms.